The van der Waals surface area contributed by atoms with Gasteiger partial charge in [-0.3, -0.25) is 0 Å². The van der Waals surface area contributed by atoms with Crippen molar-refractivity contribution in [2.24, 2.45) is 11.8 Å². The van der Waals surface area contributed by atoms with E-state index in [-0.39, 0.29) is 0 Å². The largest absolute Gasteiger partial charge is 0.373 e. The average molecular weight is 276 g/mol. The molecule has 0 saturated heterocycles. The second-order valence-corrected chi connectivity index (χ2v) is 6.30. The summed E-state index contributed by atoms with van der Waals surface area (Å²) >= 11 is 0. The van der Waals surface area contributed by atoms with E-state index in [4.69, 9.17) is 0 Å². The number of hydrogen-bond acceptors (Lipinski definition) is 4. The summed E-state index contributed by atoms with van der Waals surface area (Å²) in [5.74, 6) is 4.69. The van der Waals surface area contributed by atoms with Gasteiger partial charge in [0.2, 0.25) is 0 Å². The van der Waals surface area contributed by atoms with Crippen molar-refractivity contribution in [2.45, 2.75) is 52.4 Å². The Balaban J connectivity index is 2.02. The molecule has 0 spiro atoms. The van der Waals surface area contributed by atoms with Crippen LogP contribution in [0.2, 0.25) is 0 Å². The minimum absolute atomic E-state index is 0.345. The van der Waals surface area contributed by atoms with Crippen LogP contribution in [-0.4, -0.2) is 23.6 Å². The summed E-state index contributed by atoms with van der Waals surface area (Å²) in [6.45, 7) is 7.66. The molecule has 0 bridgehead atoms. The van der Waals surface area contributed by atoms with Gasteiger partial charge in [0, 0.05) is 25.6 Å². The zero-order chi connectivity index (χ0) is 14.5. The van der Waals surface area contributed by atoms with E-state index in [1.165, 1.54) is 25.7 Å². The fraction of sp³-hybridized carbons (Fsp3) is 0.750. The smallest absolute Gasteiger partial charge is 0.135 e. The summed E-state index contributed by atoms with van der Waals surface area (Å²) in [5.41, 5.74) is 0. The molecular weight excluding hydrogens is 248 g/mol. The lowest BCUT2D eigenvalue weighted by Crippen LogP contribution is -2.24. The molecule has 1 aliphatic rings. The molecule has 4 heteroatoms. The van der Waals surface area contributed by atoms with E-state index in [0.717, 1.165) is 35.8 Å². The van der Waals surface area contributed by atoms with Crippen LogP contribution in [0.15, 0.2) is 6.07 Å². The Bertz CT molecular complexity index is 430. The van der Waals surface area contributed by atoms with Gasteiger partial charge in [-0.25, -0.2) is 9.97 Å². The first-order valence-electron chi connectivity index (χ1n) is 7.90. The Hall–Kier alpha value is -1.32. The Kier molecular flexibility index (Phi) is 5.21. The van der Waals surface area contributed by atoms with Gasteiger partial charge in [0.1, 0.15) is 17.5 Å². The molecule has 1 aromatic rings. The van der Waals surface area contributed by atoms with Gasteiger partial charge in [0.25, 0.3) is 0 Å². The standard InChI is InChI=1S/C16H28N4/c1-11(2)16-19-14(17-4)9-15(20-16)18-10-13-8-6-5-7-12(13)3/h9,11-13H,5-8,10H2,1-4H3,(H2,17,18,19,20). The Morgan fingerprint density at radius 2 is 1.90 bits per heavy atom. The van der Waals surface area contributed by atoms with Crippen LogP contribution in [-0.2, 0) is 0 Å². The van der Waals surface area contributed by atoms with Crippen molar-refractivity contribution in [1.82, 2.24) is 9.97 Å². The highest BCUT2D eigenvalue weighted by Crippen LogP contribution is 2.29. The van der Waals surface area contributed by atoms with Gasteiger partial charge in [0.05, 0.1) is 0 Å². The molecule has 20 heavy (non-hydrogen) atoms. The van der Waals surface area contributed by atoms with Crippen molar-refractivity contribution < 1.29 is 0 Å². The highest BCUT2D eigenvalue weighted by Gasteiger charge is 2.21. The summed E-state index contributed by atoms with van der Waals surface area (Å²) in [5, 5.41) is 6.64. The predicted molar refractivity (Wildman–Crippen MR) is 85.3 cm³/mol. The third kappa shape index (κ3) is 3.84. The molecule has 1 aliphatic carbocycles. The molecule has 1 heterocycles. The summed E-state index contributed by atoms with van der Waals surface area (Å²) in [6.07, 6.45) is 5.48. The molecule has 1 saturated carbocycles. The highest BCUT2D eigenvalue weighted by molar-refractivity contribution is 5.47. The van der Waals surface area contributed by atoms with Crippen LogP contribution in [0.5, 0.6) is 0 Å². The van der Waals surface area contributed by atoms with Crippen molar-refractivity contribution >= 4 is 11.6 Å². The molecule has 0 aliphatic heterocycles. The molecular formula is C16H28N4. The topological polar surface area (TPSA) is 49.8 Å². The lowest BCUT2D eigenvalue weighted by Gasteiger charge is -2.29. The Morgan fingerprint density at radius 1 is 1.20 bits per heavy atom. The molecule has 2 atom stereocenters. The molecule has 1 aromatic heterocycles. The number of aromatic nitrogens is 2. The third-order valence-electron chi connectivity index (χ3n) is 4.35. The number of hydrogen-bond donors (Lipinski definition) is 2. The van der Waals surface area contributed by atoms with Gasteiger partial charge in [0.15, 0.2) is 0 Å². The van der Waals surface area contributed by atoms with Crippen molar-refractivity contribution in [3.8, 4) is 0 Å². The summed E-state index contributed by atoms with van der Waals surface area (Å²) < 4.78 is 0. The molecule has 4 nitrogen and oxygen atoms in total. The van der Waals surface area contributed by atoms with Crippen LogP contribution >= 0.6 is 0 Å². The summed E-state index contributed by atoms with van der Waals surface area (Å²) in [6, 6.07) is 2.00. The van der Waals surface area contributed by atoms with Gasteiger partial charge in [-0.15, -0.1) is 0 Å². The SMILES string of the molecule is CNc1cc(NCC2CCCCC2C)nc(C(C)C)n1. The van der Waals surface area contributed by atoms with Crippen LogP contribution < -0.4 is 10.6 Å². The summed E-state index contributed by atoms with van der Waals surface area (Å²) in [7, 11) is 1.90. The fourth-order valence-corrected chi connectivity index (χ4v) is 2.87. The molecule has 2 rings (SSSR count). The fourth-order valence-electron chi connectivity index (χ4n) is 2.87. The zero-order valence-electron chi connectivity index (χ0n) is 13.2. The monoisotopic (exact) mass is 276 g/mol. The van der Waals surface area contributed by atoms with Gasteiger partial charge in [-0.05, 0) is 18.3 Å². The van der Waals surface area contributed by atoms with Crippen LogP contribution in [0.3, 0.4) is 0 Å². The van der Waals surface area contributed by atoms with E-state index in [1.807, 2.05) is 13.1 Å². The normalized spacial score (nSPS) is 22.9. The van der Waals surface area contributed by atoms with Crippen molar-refractivity contribution in [1.29, 1.82) is 0 Å². The Morgan fingerprint density at radius 3 is 2.55 bits per heavy atom. The first kappa shape index (κ1) is 15.1. The molecule has 0 radical (unpaired) electrons. The van der Waals surface area contributed by atoms with E-state index in [0.29, 0.717) is 5.92 Å². The molecule has 2 unspecified atom stereocenters. The average Bonchev–Trinajstić information content (AvgIpc) is 2.46. The quantitative estimate of drug-likeness (QED) is 0.857. The minimum Gasteiger partial charge on any atom is -0.373 e. The van der Waals surface area contributed by atoms with Gasteiger partial charge in [-0.1, -0.05) is 40.0 Å². The zero-order valence-corrected chi connectivity index (χ0v) is 13.2. The molecule has 0 amide bonds. The van der Waals surface area contributed by atoms with E-state index >= 15 is 0 Å². The highest BCUT2D eigenvalue weighted by atomic mass is 15.1. The molecule has 112 valence electrons. The van der Waals surface area contributed by atoms with Gasteiger partial charge in [-0.2, -0.15) is 0 Å². The number of anilines is 2. The molecule has 1 fully saturated rings. The molecule has 2 N–H and O–H groups in total. The number of nitrogens with zero attached hydrogens (tertiary/aromatic N) is 2. The van der Waals surface area contributed by atoms with E-state index < -0.39 is 0 Å². The number of rotatable bonds is 5. The Labute approximate surface area is 122 Å². The second-order valence-electron chi connectivity index (χ2n) is 6.30. The first-order chi connectivity index (χ1) is 9.60. The second kappa shape index (κ2) is 6.91. The van der Waals surface area contributed by atoms with Crippen LogP contribution in [0.1, 0.15) is 58.2 Å². The van der Waals surface area contributed by atoms with Crippen LogP contribution in [0.25, 0.3) is 0 Å². The lowest BCUT2D eigenvalue weighted by atomic mass is 9.80. The third-order valence-corrected chi connectivity index (χ3v) is 4.35. The van der Waals surface area contributed by atoms with Gasteiger partial charge < -0.3 is 10.6 Å². The number of nitrogens with one attached hydrogen (secondary N) is 2. The van der Waals surface area contributed by atoms with Crippen LogP contribution in [0, 0.1) is 11.8 Å². The first-order valence-corrected chi connectivity index (χ1v) is 7.90. The van der Waals surface area contributed by atoms with Crippen molar-refractivity contribution in [2.75, 3.05) is 24.2 Å². The van der Waals surface area contributed by atoms with E-state index in [1.54, 1.807) is 0 Å². The minimum atomic E-state index is 0.345. The van der Waals surface area contributed by atoms with Crippen LogP contribution in [0.4, 0.5) is 11.6 Å². The van der Waals surface area contributed by atoms with E-state index in [9.17, 15) is 0 Å². The lowest BCUT2D eigenvalue weighted by molar-refractivity contribution is 0.268. The van der Waals surface area contributed by atoms with Crippen molar-refractivity contribution in [3.05, 3.63) is 11.9 Å². The maximum absolute atomic E-state index is 4.63. The maximum atomic E-state index is 4.63. The predicted octanol–water partition coefficient (Wildman–Crippen LogP) is 3.88. The summed E-state index contributed by atoms with van der Waals surface area (Å²) in [4.78, 5) is 9.13. The molecule has 0 aromatic carbocycles. The van der Waals surface area contributed by atoms with Crippen molar-refractivity contribution in [3.63, 3.8) is 0 Å². The van der Waals surface area contributed by atoms with E-state index in [2.05, 4.69) is 41.4 Å². The maximum Gasteiger partial charge on any atom is 0.135 e. The van der Waals surface area contributed by atoms with Gasteiger partial charge >= 0.3 is 0 Å².